The number of carbonyl (C=O) groups is 1. The molecule has 2 aliphatic rings. The molecule has 1 amide bonds. The van der Waals surface area contributed by atoms with Crippen molar-refractivity contribution in [1.82, 2.24) is 9.80 Å². The predicted octanol–water partition coefficient (Wildman–Crippen LogP) is 6.99. The lowest BCUT2D eigenvalue weighted by atomic mass is 9.93. The number of allylic oxidation sites excluding steroid dienone is 4. The van der Waals surface area contributed by atoms with Crippen molar-refractivity contribution in [2.45, 2.75) is 59.4 Å². The molecule has 2 aromatic rings. The highest BCUT2D eigenvalue weighted by Gasteiger charge is 2.31. The van der Waals surface area contributed by atoms with Crippen LogP contribution in [-0.2, 0) is 11.2 Å². The lowest BCUT2D eigenvalue weighted by molar-refractivity contribution is -0.126. The molecule has 188 valence electrons. The molecule has 0 aromatic heterocycles. The zero-order valence-electron chi connectivity index (χ0n) is 22.0. The quantitative estimate of drug-likeness (QED) is 0.442. The van der Waals surface area contributed by atoms with Crippen molar-refractivity contribution in [3.63, 3.8) is 0 Å². The molecule has 0 N–H and O–H groups in total. The third kappa shape index (κ3) is 5.20. The highest BCUT2D eigenvalue weighted by molar-refractivity contribution is 6.43. The first-order chi connectivity index (χ1) is 17.3. The number of fused-ring (bicyclic) bond motifs is 1. The second-order valence-corrected chi connectivity index (χ2v) is 9.65. The SMILES string of the molecule is C/C=C(\C=C1\N=C(C(=O)N2CCc3ccccc3C2C)C=C(CCCC)N1C)c1ccc(C)cc1F. The summed E-state index contributed by atoms with van der Waals surface area (Å²) in [6, 6.07) is 13.6. The average molecular weight is 486 g/mol. The number of nitrogens with zero attached hydrogens (tertiary/aromatic N) is 3. The third-order valence-electron chi connectivity index (χ3n) is 7.21. The highest BCUT2D eigenvalue weighted by Crippen LogP contribution is 2.32. The monoisotopic (exact) mass is 485 g/mol. The van der Waals surface area contributed by atoms with Gasteiger partial charge in [0.05, 0.1) is 6.04 Å². The summed E-state index contributed by atoms with van der Waals surface area (Å²) in [6.45, 7) is 8.68. The first-order valence-corrected chi connectivity index (χ1v) is 12.9. The second kappa shape index (κ2) is 11.1. The highest BCUT2D eigenvalue weighted by atomic mass is 19.1. The molecule has 2 aromatic carbocycles. The normalized spacial score (nSPS) is 19.2. The Bertz CT molecular complexity index is 1270. The van der Waals surface area contributed by atoms with Crippen LogP contribution >= 0.6 is 0 Å². The first kappa shape index (κ1) is 25.6. The van der Waals surface area contributed by atoms with Crippen molar-refractivity contribution in [3.05, 3.63) is 100 Å². The number of halogens is 1. The van der Waals surface area contributed by atoms with Crippen LogP contribution in [-0.4, -0.2) is 35.0 Å². The summed E-state index contributed by atoms with van der Waals surface area (Å²) < 4.78 is 14.8. The molecule has 36 heavy (non-hydrogen) atoms. The van der Waals surface area contributed by atoms with E-state index in [1.54, 1.807) is 12.1 Å². The Labute approximate surface area is 214 Å². The summed E-state index contributed by atoms with van der Waals surface area (Å²) in [7, 11) is 1.97. The van der Waals surface area contributed by atoms with Crippen LogP contribution in [0, 0.1) is 12.7 Å². The molecule has 0 spiro atoms. The number of amides is 1. The van der Waals surface area contributed by atoms with Gasteiger partial charge in [0.25, 0.3) is 5.91 Å². The van der Waals surface area contributed by atoms with Crippen molar-refractivity contribution >= 4 is 17.2 Å². The fraction of sp³-hybridized carbons (Fsp3) is 0.355. The van der Waals surface area contributed by atoms with E-state index in [0.29, 0.717) is 23.6 Å². The molecular weight excluding hydrogens is 449 g/mol. The van der Waals surface area contributed by atoms with Crippen LogP contribution in [0.5, 0.6) is 0 Å². The Hall–Kier alpha value is -3.47. The number of rotatable bonds is 6. The summed E-state index contributed by atoms with van der Waals surface area (Å²) in [6.07, 6.45) is 9.46. The lowest BCUT2D eigenvalue weighted by Gasteiger charge is -2.36. The fourth-order valence-corrected chi connectivity index (χ4v) is 4.98. The van der Waals surface area contributed by atoms with Gasteiger partial charge in [-0.25, -0.2) is 9.38 Å². The Morgan fingerprint density at radius 2 is 2.00 bits per heavy atom. The van der Waals surface area contributed by atoms with Crippen LogP contribution in [0.2, 0.25) is 0 Å². The van der Waals surface area contributed by atoms with Gasteiger partial charge in [0.1, 0.15) is 17.3 Å². The van der Waals surface area contributed by atoms with Crippen molar-refractivity contribution in [2.75, 3.05) is 13.6 Å². The van der Waals surface area contributed by atoms with Gasteiger partial charge in [0.2, 0.25) is 0 Å². The van der Waals surface area contributed by atoms with Crippen LogP contribution in [0.3, 0.4) is 0 Å². The minimum Gasteiger partial charge on any atom is -0.333 e. The second-order valence-electron chi connectivity index (χ2n) is 9.65. The Kier molecular flexibility index (Phi) is 7.88. The van der Waals surface area contributed by atoms with E-state index in [4.69, 9.17) is 4.99 Å². The molecule has 4 rings (SSSR count). The van der Waals surface area contributed by atoms with Crippen molar-refractivity contribution in [1.29, 1.82) is 0 Å². The van der Waals surface area contributed by atoms with Crippen molar-refractivity contribution in [2.24, 2.45) is 4.99 Å². The summed E-state index contributed by atoms with van der Waals surface area (Å²) in [5.41, 5.74) is 6.13. The van der Waals surface area contributed by atoms with Crippen molar-refractivity contribution < 1.29 is 9.18 Å². The molecule has 0 aliphatic carbocycles. The maximum absolute atomic E-state index is 14.8. The molecule has 1 atom stereocenters. The minimum atomic E-state index is -0.263. The van der Waals surface area contributed by atoms with Gasteiger partial charge >= 0.3 is 0 Å². The summed E-state index contributed by atoms with van der Waals surface area (Å²) in [4.78, 5) is 22.6. The number of aliphatic imine (C=N–C) groups is 1. The molecule has 0 radical (unpaired) electrons. The number of carbonyl (C=O) groups excluding carboxylic acids is 1. The van der Waals surface area contributed by atoms with Crippen LogP contribution in [0.15, 0.2) is 77.2 Å². The molecule has 0 fully saturated rings. The van der Waals surface area contributed by atoms with E-state index in [-0.39, 0.29) is 17.8 Å². The number of aryl methyl sites for hydroxylation is 1. The summed E-state index contributed by atoms with van der Waals surface area (Å²) in [5.74, 6) is 0.319. The maximum atomic E-state index is 14.8. The van der Waals surface area contributed by atoms with Gasteiger partial charge in [-0.05, 0) is 80.5 Å². The molecule has 2 aliphatic heterocycles. The van der Waals surface area contributed by atoms with Gasteiger partial charge in [-0.15, -0.1) is 0 Å². The number of unbranched alkanes of at least 4 members (excludes halogenated alkanes) is 1. The summed E-state index contributed by atoms with van der Waals surface area (Å²) in [5, 5.41) is 0. The largest absolute Gasteiger partial charge is 0.333 e. The number of hydrogen-bond acceptors (Lipinski definition) is 3. The molecule has 0 saturated carbocycles. The number of hydrogen-bond donors (Lipinski definition) is 0. The Morgan fingerprint density at radius 3 is 2.72 bits per heavy atom. The number of benzene rings is 2. The maximum Gasteiger partial charge on any atom is 0.273 e. The zero-order valence-corrected chi connectivity index (χ0v) is 22.0. The van der Waals surface area contributed by atoms with Gasteiger partial charge in [0.15, 0.2) is 0 Å². The smallest absolute Gasteiger partial charge is 0.273 e. The molecule has 2 heterocycles. The molecular formula is C31H36FN3O. The minimum absolute atomic E-state index is 0.0162. The average Bonchev–Trinajstić information content (AvgIpc) is 2.88. The van der Waals surface area contributed by atoms with Crippen LogP contribution in [0.25, 0.3) is 5.57 Å². The summed E-state index contributed by atoms with van der Waals surface area (Å²) >= 11 is 0. The van der Waals surface area contributed by atoms with E-state index in [9.17, 15) is 9.18 Å². The van der Waals surface area contributed by atoms with Crippen LogP contribution < -0.4 is 0 Å². The standard InChI is InChI=1S/C31H36FN3O/c1-6-8-12-25-20-29(31(36)35-17-16-24-11-9-10-13-26(24)22(35)4)33-30(34(25)5)19-23(7-2)27-15-14-21(3)18-28(27)32/h7,9-11,13-15,18-20,22H,6,8,12,16-17H2,1-5H3/b23-7+,30-19-. The van der Waals surface area contributed by atoms with E-state index in [1.165, 1.54) is 11.1 Å². The Balaban J connectivity index is 1.71. The zero-order chi connectivity index (χ0) is 25.8. The van der Waals surface area contributed by atoms with E-state index < -0.39 is 0 Å². The van der Waals surface area contributed by atoms with Gasteiger partial charge in [-0.2, -0.15) is 0 Å². The lowest BCUT2D eigenvalue weighted by Crippen LogP contribution is -2.43. The van der Waals surface area contributed by atoms with E-state index in [0.717, 1.165) is 42.5 Å². The molecule has 1 unspecified atom stereocenters. The van der Waals surface area contributed by atoms with Gasteiger partial charge in [-0.1, -0.05) is 55.8 Å². The first-order valence-electron chi connectivity index (χ1n) is 12.9. The molecule has 5 heteroatoms. The fourth-order valence-electron chi connectivity index (χ4n) is 4.98. The van der Waals surface area contributed by atoms with Gasteiger partial charge in [-0.3, -0.25) is 4.79 Å². The van der Waals surface area contributed by atoms with E-state index >= 15 is 0 Å². The predicted molar refractivity (Wildman–Crippen MR) is 146 cm³/mol. The van der Waals surface area contributed by atoms with E-state index in [1.807, 2.05) is 61.1 Å². The van der Waals surface area contributed by atoms with E-state index in [2.05, 4.69) is 32.0 Å². The van der Waals surface area contributed by atoms with Gasteiger partial charge in [0, 0.05) is 24.9 Å². The molecule has 4 nitrogen and oxygen atoms in total. The molecule has 0 bridgehead atoms. The van der Waals surface area contributed by atoms with Crippen LogP contribution in [0.4, 0.5) is 4.39 Å². The van der Waals surface area contributed by atoms with Crippen LogP contribution in [0.1, 0.15) is 68.3 Å². The van der Waals surface area contributed by atoms with Crippen molar-refractivity contribution in [3.8, 4) is 0 Å². The van der Waals surface area contributed by atoms with Gasteiger partial charge < -0.3 is 9.80 Å². The third-order valence-corrected chi connectivity index (χ3v) is 7.21. The topological polar surface area (TPSA) is 35.9 Å². The Morgan fingerprint density at radius 1 is 1.22 bits per heavy atom. The molecule has 0 saturated heterocycles.